The van der Waals surface area contributed by atoms with Crippen LogP contribution in [0.3, 0.4) is 0 Å². The monoisotopic (exact) mass is 105 g/mol. The molecule has 1 atom stereocenters. The first-order chi connectivity index (χ1) is 4.34. The Labute approximate surface area is 49.6 Å². The Morgan fingerprint density at radius 2 is 2.29 bits per heavy atom. The van der Waals surface area contributed by atoms with Gasteiger partial charge in [0.25, 0.3) is 0 Å². The van der Waals surface area contributed by atoms with E-state index in [0.29, 0.717) is 6.42 Å². The van der Waals surface area contributed by atoms with Gasteiger partial charge in [-0.25, -0.2) is 0 Å². The third kappa shape index (κ3) is 5.96. The molecule has 0 bridgehead atoms. The zero-order valence-corrected chi connectivity index (χ0v) is 4.81. The molecule has 0 fully saturated rings. The zero-order chi connectivity index (χ0) is 8.36. The van der Waals surface area contributed by atoms with Crippen LogP contribution in [0.1, 0.15) is 31.2 Å². The fraction of sp³-hybridized carbons (Fsp3) is 1.00. The molecule has 0 heterocycles. The van der Waals surface area contributed by atoms with Gasteiger partial charge in [0.1, 0.15) is 0 Å². The average Bonchev–Trinajstić information content (AvgIpc) is 1.60. The van der Waals surface area contributed by atoms with Gasteiger partial charge in [-0.2, -0.15) is 0 Å². The molecule has 0 aromatic rings. The molecular weight excluding hydrogens is 88.1 g/mol. The summed E-state index contributed by atoms with van der Waals surface area (Å²) in [7, 11) is 0. The Bertz CT molecular complexity index is 97.7. The fourth-order valence-corrected chi connectivity index (χ4v) is 0.447. The van der Waals surface area contributed by atoms with Gasteiger partial charge < -0.3 is 5.11 Å². The minimum atomic E-state index is -2.20. The first-order valence-electron chi connectivity index (χ1n) is 4.02. The zero-order valence-electron chi connectivity index (χ0n) is 7.81. The molecule has 0 saturated carbocycles. The lowest BCUT2D eigenvalue weighted by Gasteiger charge is -2.04. The van der Waals surface area contributed by atoms with Gasteiger partial charge >= 0.3 is 0 Å². The number of aliphatic hydroxyl groups is 1. The first kappa shape index (κ1) is 3.08. The second kappa shape index (κ2) is 3.03. The minimum absolute atomic E-state index is 0.232. The molecular formula is C6H14O. The van der Waals surface area contributed by atoms with Gasteiger partial charge in [0.2, 0.25) is 0 Å². The molecule has 0 aliphatic carbocycles. The number of hydrogen-bond donors (Lipinski definition) is 1. The number of rotatable bonds is 2. The molecule has 7 heavy (non-hydrogen) atoms. The summed E-state index contributed by atoms with van der Waals surface area (Å²) in [5.41, 5.74) is 0. The first-order valence-corrected chi connectivity index (χ1v) is 2.52. The maximum Gasteiger partial charge on any atom is 0.0514 e. The second-order valence-corrected chi connectivity index (χ2v) is 2.15. The molecule has 0 aliphatic heterocycles. The van der Waals surface area contributed by atoms with Crippen molar-refractivity contribution in [2.45, 2.75) is 33.2 Å². The van der Waals surface area contributed by atoms with Crippen molar-refractivity contribution < 1.29 is 9.22 Å². The van der Waals surface area contributed by atoms with Gasteiger partial charge in [0, 0.05) is 4.11 Å². The van der Waals surface area contributed by atoms with Gasteiger partial charge in [-0.1, -0.05) is 13.8 Å². The van der Waals surface area contributed by atoms with Gasteiger partial charge in [0.15, 0.2) is 0 Å². The lowest BCUT2D eigenvalue weighted by Crippen LogP contribution is -2.03. The third-order valence-corrected chi connectivity index (χ3v) is 0.695. The van der Waals surface area contributed by atoms with Crippen LogP contribution in [0.4, 0.5) is 0 Å². The van der Waals surface area contributed by atoms with Crippen molar-refractivity contribution >= 4 is 0 Å². The van der Waals surface area contributed by atoms with Gasteiger partial charge in [-0.3, -0.25) is 0 Å². The molecule has 0 aliphatic rings. The van der Waals surface area contributed by atoms with Crippen molar-refractivity contribution in [2.24, 2.45) is 5.92 Å². The number of aliphatic hydroxyl groups excluding tert-OH is 1. The standard InChI is InChI=1S/C6H14O/c1-5(2)4-6(3)7/h5-7H,4H2,1-3H3/i3D3. The Balaban J connectivity index is 3.73. The van der Waals surface area contributed by atoms with Crippen molar-refractivity contribution in [3.05, 3.63) is 0 Å². The Morgan fingerprint density at radius 3 is 2.43 bits per heavy atom. The summed E-state index contributed by atoms with van der Waals surface area (Å²) in [6, 6.07) is 0. The van der Waals surface area contributed by atoms with Crippen LogP contribution in [0.25, 0.3) is 0 Å². The molecule has 0 radical (unpaired) electrons. The van der Waals surface area contributed by atoms with Gasteiger partial charge in [0.05, 0.1) is 6.10 Å². The highest BCUT2D eigenvalue weighted by Gasteiger charge is 1.97. The van der Waals surface area contributed by atoms with E-state index in [1.54, 1.807) is 0 Å². The van der Waals surface area contributed by atoms with Crippen molar-refractivity contribution in [1.29, 1.82) is 0 Å². The van der Waals surface area contributed by atoms with Crippen LogP contribution in [-0.2, 0) is 0 Å². The van der Waals surface area contributed by atoms with E-state index in [0.717, 1.165) is 0 Å². The maximum absolute atomic E-state index is 8.99. The summed E-state index contributed by atoms with van der Waals surface area (Å²) in [6.07, 6.45) is -0.816. The van der Waals surface area contributed by atoms with Crippen molar-refractivity contribution in [2.75, 3.05) is 0 Å². The Morgan fingerprint density at radius 1 is 1.71 bits per heavy atom. The average molecular weight is 105 g/mol. The normalized spacial score (nSPS) is 23.1. The second-order valence-electron chi connectivity index (χ2n) is 2.15. The smallest absolute Gasteiger partial charge is 0.0514 e. The van der Waals surface area contributed by atoms with Gasteiger partial charge in [-0.05, 0) is 19.2 Å². The molecule has 0 aromatic carbocycles. The summed E-state index contributed by atoms with van der Waals surface area (Å²) in [5, 5.41) is 8.99. The summed E-state index contributed by atoms with van der Waals surface area (Å²) in [4.78, 5) is 0. The van der Waals surface area contributed by atoms with E-state index < -0.39 is 13.0 Å². The quantitative estimate of drug-likeness (QED) is 0.563. The highest BCUT2D eigenvalue weighted by Crippen LogP contribution is 2.01. The van der Waals surface area contributed by atoms with E-state index >= 15 is 0 Å². The minimum Gasteiger partial charge on any atom is -0.393 e. The molecule has 0 amide bonds. The maximum atomic E-state index is 8.99. The van der Waals surface area contributed by atoms with Crippen molar-refractivity contribution in [3.8, 4) is 0 Å². The van der Waals surface area contributed by atoms with Gasteiger partial charge in [-0.15, -0.1) is 0 Å². The lowest BCUT2D eigenvalue weighted by molar-refractivity contribution is 0.168. The van der Waals surface area contributed by atoms with E-state index in [2.05, 4.69) is 0 Å². The largest absolute Gasteiger partial charge is 0.393 e. The molecule has 0 saturated heterocycles. The SMILES string of the molecule is [2H]C([2H])([2H])C(O)CC(C)C. The van der Waals surface area contributed by atoms with E-state index in [4.69, 9.17) is 9.22 Å². The highest BCUT2D eigenvalue weighted by atomic mass is 16.3. The molecule has 1 heteroatoms. The Hall–Kier alpha value is -0.0400. The van der Waals surface area contributed by atoms with Crippen LogP contribution in [0.5, 0.6) is 0 Å². The lowest BCUT2D eigenvalue weighted by atomic mass is 10.1. The summed E-state index contributed by atoms with van der Waals surface area (Å²) in [5.74, 6) is 0.232. The molecule has 44 valence electrons. The third-order valence-electron chi connectivity index (χ3n) is 0.695. The summed E-state index contributed by atoms with van der Waals surface area (Å²) >= 11 is 0. The molecule has 0 aromatic heterocycles. The van der Waals surface area contributed by atoms with E-state index in [1.165, 1.54) is 0 Å². The number of hydrogen-bond acceptors (Lipinski definition) is 1. The van der Waals surface area contributed by atoms with E-state index in [1.807, 2.05) is 13.8 Å². The topological polar surface area (TPSA) is 20.2 Å². The summed E-state index contributed by atoms with van der Waals surface area (Å²) < 4.78 is 20.4. The summed E-state index contributed by atoms with van der Waals surface area (Å²) in [6.45, 7) is 1.56. The van der Waals surface area contributed by atoms with Crippen LogP contribution in [0, 0.1) is 5.92 Å². The molecule has 0 rings (SSSR count). The van der Waals surface area contributed by atoms with Crippen LogP contribution in [0.15, 0.2) is 0 Å². The van der Waals surface area contributed by atoms with E-state index in [-0.39, 0.29) is 5.92 Å². The molecule has 1 N–H and O–H groups in total. The van der Waals surface area contributed by atoms with Crippen LogP contribution < -0.4 is 0 Å². The van der Waals surface area contributed by atoms with Crippen LogP contribution >= 0.6 is 0 Å². The predicted octanol–water partition coefficient (Wildman–Crippen LogP) is 1.41. The predicted molar refractivity (Wildman–Crippen MR) is 31.1 cm³/mol. The molecule has 1 unspecified atom stereocenters. The fourth-order valence-electron chi connectivity index (χ4n) is 0.447. The molecule has 0 spiro atoms. The van der Waals surface area contributed by atoms with E-state index in [9.17, 15) is 0 Å². The van der Waals surface area contributed by atoms with Crippen molar-refractivity contribution in [1.82, 2.24) is 0 Å². The highest BCUT2D eigenvalue weighted by molar-refractivity contribution is 4.49. The molecule has 1 nitrogen and oxygen atoms in total. The van der Waals surface area contributed by atoms with Crippen LogP contribution in [0.2, 0.25) is 0 Å². The van der Waals surface area contributed by atoms with Crippen molar-refractivity contribution in [3.63, 3.8) is 0 Å². The van der Waals surface area contributed by atoms with Crippen LogP contribution in [-0.4, -0.2) is 11.2 Å². The Kier molecular flexibility index (Phi) is 1.33.